The summed E-state index contributed by atoms with van der Waals surface area (Å²) < 4.78 is 33.7. The van der Waals surface area contributed by atoms with Crippen LogP contribution in [0.5, 0.6) is 0 Å². The molecule has 1 N–H and O–H groups in total. The summed E-state index contributed by atoms with van der Waals surface area (Å²) in [5.41, 5.74) is 0. The van der Waals surface area contributed by atoms with E-state index in [9.17, 15) is 22.2 Å². The van der Waals surface area contributed by atoms with Crippen LogP contribution < -0.4 is 0 Å². The minimum atomic E-state index is -4.55. The Morgan fingerprint density at radius 3 is 2.56 bits per heavy atom. The molecule has 1 amide bonds. The van der Waals surface area contributed by atoms with Crippen LogP contribution in [0.3, 0.4) is 0 Å². The van der Waals surface area contributed by atoms with Crippen molar-refractivity contribution in [3.63, 3.8) is 0 Å². The topological polar surface area (TPSA) is 74.7 Å². The van der Waals surface area contributed by atoms with Gasteiger partial charge in [0, 0.05) is 18.9 Å². The van der Waals surface area contributed by atoms with Gasteiger partial charge in [-0.1, -0.05) is 13.8 Å². The molecule has 5 nitrogen and oxygen atoms in total. The fraction of sp³-hybridized carbons (Fsp3) is 0.909. The number of aliphatic hydroxyl groups is 1. The number of aliphatic hydroxyl groups excluding tert-OH is 1. The van der Waals surface area contributed by atoms with Crippen LogP contribution in [0.2, 0.25) is 0 Å². The van der Waals surface area contributed by atoms with Crippen LogP contribution in [0.4, 0.5) is 3.89 Å². The second-order valence-corrected chi connectivity index (χ2v) is 6.70. The van der Waals surface area contributed by atoms with Gasteiger partial charge in [-0.3, -0.25) is 4.79 Å². The molecular weight excluding hydrogens is 261 g/mol. The third-order valence-electron chi connectivity index (χ3n) is 3.07. The molecular formula is C11H20FNO4S. The van der Waals surface area contributed by atoms with Gasteiger partial charge in [0.15, 0.2) is 0 Å². The molecule has 1 aliphatic rings. The minimum absolute atomic E-state index is 0.0394. The number of nitrogens with zero attached hydrogens (tertiary/aromatic N) is 1. The monoisotopic (exact) mass is 281 g/mol. The van der Waals surface area contributed by atoms with Crippen LogP contribution in [0, 0.1) is 11.8 Å². The molecule has 106 valence electrons. The van der Waals surface area contributed by atoms with Gasteiger partial charge in [0.1, 0.15) is 0 Å². The Kier molecular flexibility index (Phi) is 5.10. The number of likely N-dealkylation sites (tertiary alicyclic amines) is 1. The lowest BCUT2D eigenvalue weighted by Crippen LogP contribution is -2.40. The molecule has 1 heterocycles. The van der Waals surface area contributed by atoms with E-state index in [4.69, 9.17) is 0 Å². The van der Waals surface area contributed by atoms with Gasteiger partial charge < -0.3 is 10.0 Å². The molecule has 0 aromatic rings. The molecule has 0 aromatic carbocycles. The highest BCUT2D eigenvalue weighted by Gasteiger charge is 2.36. The van der Waals surface area contributed by atoms with Crippen molar-refractivity contribution in [3.8, 4) is 0 Å². The van der Waals surface area contributed by atoms with Gasteiger partial charge >= 0.3 is 10.2 Å². The summed E-state index contributed by atoms with van der Waals surface area (Å²) in [7, 11) is -4.55. The van der Waals surface area contributed by atoms with Gasteiger partial charge in [-0.2, -0.15) is 8.42 Å². The van der Waals surface area contributed by atoms with Crippen LogP contribution in [-0.2, 0) is 15.0 Å². The van der Waals surface area contributed by atoms with Gasteiger partial charge in [0.05, 0.1) is 18.4 Å². The van der Waals surface area contributed by atoms with Gasteiger partial charge in [-0.15, -0.1) is 3.89 Å². The highest BCUT2D eigenvalue weighted by molar-refractivity contribution is 7.86. The lowest BCUT2D eigenvalue weighted by Gasteiger charge is -2.27. The van der Waals surface area contributed by atoms with Crippen LogP contribution in [0.15, 0.2) is 0 Å². The molecule has 0 aromatic heterocycles. The maximum atomic E-state index is 12.6. The molecule has 0 aliphatic carbocycles. The summed E-state index contributed by atoms with van der Waals surface area (Å²) in [6.45, 7) is 4.01. The SMILES string of the molecule is CC(C)C[C@@H](CO)N1CC(CS(=O)(=O)F)CC1=O. The summed E-state index contributed by atoms with van der Waals surface area (Å²) in [5.74, 6) is -1.01. The van der Waals surface area contributed by atoms with Crippen molar-refractivity contribution >= 4 is 16.1 Å². The highest BCUT2D eigenvalue weighted by atomic mass is 32.3. The van der Waals surface area contributed by atoms with Crippen LogP contribution in [-0.4, -0.2) is 49.3 Å². The third-order valence-corrected chi connectivity index (χ3v) is 3.94. The summed E-state index contributed by atoms with van der Waals surface area (Å²) in [4.78, 5) is 13.2. The van der Waals surface area contributed by atoms with E-state index < -0.39 is 21.9 Å². The van der Waals surface area contributed by atoms with Crippen molar-refractivity contribution < 1.29 is 22.2 Å². The highest BCUT2D eigenvalue weighted by Crippen LogP contribution is 2.24. The number of hydrogen-bond acceptors (Lipinski definition) is 4. The van der Waals surface area contributed by atoms with Crippen molar-refractivity contribution in [1.29, 1.82) is 0 Å². The molecule has 1 aliphatic heterocycles. The maximum absolute atomic E-state index is 12.6. The molecule has 0 spiro atoms. The average Bonchev–Trinajstić information content (AvgIpc) is 2.52. The second-order valence-electron chi connectivity index (χ2n) is 5.29. The Morgan fingerprint density at radius 1 is 1.50 bits per heavy atom. The number of hydrogen-bond donors (Lipinski definition) is 1. The first-order valence-electron chi connectivity index (χ1n) is 6.05. The van der Waals surface area contributed by atoms with E-state index in [0.29, 0.717) is 12.3 Å². The van der Waals surface area contributed by atoms with E-state index in [1.165, 1.54) is 4.90 Å². The molecule has 7 heteroatoms. The van der Waals surface area contributed by atoms with Gasteiger partial charge in [-0.05, 0) is 12.3 Å². The zero-order valence-corrected chi connectivity index (χ0v) is 11.5. The van der Waals surface area contributed by atoms with Crippen LogP contribution in [0.1, 0.15) is 26.7 Å². The van der Waals surface area contributed by atoms with E-state index >= 15 is 0 Å². The summed E-state index contributed by atoms with van der Waals surface area (Å²) in [6.07, 6.45) is 0.690. The maximum Gasteiger partial charge on any atom is 0.302 e. The fourth-order valence-corrected chi connectivity index (χ4v) is 3.19. The lowest BCUT2D eigenvalue weighted by molar-refractivity contribution is -0.130. The van der Waals surface area contributed by atoms with Crippen molar-refractivity contribution in [2.75, 3.05) is 18.9 Å². The smallest absolute Gasteiger partial charge is 0.302 e. The zero-order valence-electron chi connectivity index (χ0n) is 10.7. The number of carbonyl (C=O) groups is 1. The molecule has 2 atom stereocenters. The number of amides is 1. The largest absolute Gasteiger partial charge is 0.394 e. The molecule has 1 saturated heterocycles. The first-order valence-corrected chi connectivity index (χ1v) is 7.61. The van der Waals surface area contributed by atoms with E-state index in [1.54, 1.807) is 0 Å². The standard InChI is InChI=1S/C11H20FNO4S/c1-8(2)3-10(6-14)13-5-9(4-11(13)15)7-18(12,16)17/h8-10,14H,3-7H2,1-2H3/t9?,10-/m0/s1. The number of carbonyl (C=O) groups excluding carboxylic acids is 1. The Balaban J connectivity index is 2.65. The predicted octanol–water partition coefficient (Wildman–Crippen LogP) is 0.541. The van der Waals surface area contributed by atoms with E-state index in [-0.39, 0.29) is 31.5 Å². The molecule has 1 unspecified atom stereocenters. The Bertz CT molecular complexity index is 396. The normalized spacial score (nSPS) is 22.8. The van der Waals surface area contributed by atoms with Crippen molar-refractivity contribution in [2.24, 2.45) is 11.8 Å². The Hall–Kier alpha value is -0.690. The molecule has 1 rings (SSSR count). The van der Waals surface area contributed by atoms with E-state index in [2.05, 4.69) is 0 Å². The lowest BCUT2D eigenvalue weighted by atomic mass is 10.0. The fourth-order valence-electron chi connectivity index (χ4n) is 2.40. The number of rotatable bonds is 6. The molecule has 0 radical (unpaired) electrons. The molecule has 0 saturated carbocycles. The first kappa shape index (κ1) is 15.4. The van der Waals surface area contributed by atoms with E-state index in [0.717, 1.165) is 0 Å². The summed E-state index contributed by atoms with van der Waals surface area (Å²) >= 11 is 0. The summed E-state index contributed by atoms with van der Waals surface area (Å²) in [5, 5.41) is 9.29. The van der Waals surface area contributed by atoms with Gasteiger partial charge in [0.25, 0.3) is 0 Å². The third kappa shape index (κ3) is 4.53. The van der Waals surface area contributed by atoms with Crippen LogP contribution >= 0.6 is 0 Å². The summed E-state index contributed by atoms with van der Waals surface area (Å²) in [6, 6.07) is -0.301. The zero-order chi connectivity index (χ0) is 13.9. The van der Waals surface area contributed by atoms with Crippen molar-refractivity contribution in [1.82, 2.24) is 4.90 Å². The second kappa shape index (κ2) is 5.97. The first-order chi connectivity index (χ1) is 8.23. The molecule has 0 bridgehead atoms. The Labute approximate surface area is 107 Å². The Morgan fingerprint density at radius 2 is 2.11 bits per heavy atom. The molecule has 18 heavy (non-hydrogen) atoms. The minimum Gasteiger partial charge on any atom is -0.394 e. The average molecular weight is 281 g/mol. The van der Waals surface area contributed by atoms with E-state index in [1.807, 2.05) is 13.8 Å². The van der Waals surface area contributed by atoms with Gasteiger partial charge in [-0.25, -0.2) is 0 Å². The number of halogens is 1. The van der Waals surface area contributed by atoms with Crippen molar-refractivity contribution in [2.45, 2.75) is 32.7 Å². The van der Waals surface area contributed by atoms with Crippen molar-refractivity contribution in [3.05, 3.63) is 0 Å². The predicted molar refractivity (Wildman–Crippen MR) is 65.0 cm³/mol. The van der Waals surface area contributed by atoms with Crippen LogP contribution in [0.25, 0.3) is 0 Å². The quantitative estimate of drug-likeness (QED) is 0.721. The molecule has 1 fully saturated rings. The van der Waals surface area contributed by atoms with Gasteiger partial charge in [0.2, 0.25) is 5.91 Å².